The van der Waals surface area contributed by atoms with Crippen molar-refractivity contribution >= 4 is 23.4 Å². The van der Waals surface area contributed by atoms with Gasteiger partial charge in [0.05, 0.1) is 5.75 Å². The average Bonchev–Trinajstić information content (AvgIpc) is 3.10. The van der Waals surface area contributed by atoms with Crippen molar-refractivity contribution in [3.8, 4) is 11.4 Å². The van der Waals surface area contributed by atoms with Crippen LogP contribution in [0.5, 0.6) is 0 Å². The van der Waals surface area contributed by atoms with Crippen LogP contribution in [-0.4, -0.2) is 46.6 Å². The standard InChI is InChI=1S/C21H29N5OS/c1-4-14-26-20(16-10-12-18(13-11-16)25(2)3)23-24-21(26)28-15-19(27)22-17-8-6-5-7-9-17/h4,10-13,17H,1,5-9,14-15H2,2-3H3,(H,22,27). The Balaban J connectivity index is 1.67. The van der Waals surface area contributed by atoms with Crippen molar-refractivity contribution in [3.05, 3.63) is 36.9 Å². The molecule has 1 saturated carbocycles. The van der Waals surface area contributed by atoms with E-state index in [1.165, 1.54) is 31.0 Å². The number of carbonyl (C=O) groups excluding carboxylic acids is 1. The minimum absolute atomic E-state index is 0.0712. The molecule has 2 aromatic rings. The molecule has 1 aliphatic rings. The highest BCUT2D eigenvalue weighted by molar-refractivity contribution is 7.99. The van der Waals surface area contributed by atoms with Crippen molar-refractivity contribution in [1.29, 1.82) is 0 Å². The van der Waals surface area contributed by atoms with Crippen molar-refractivity contribution < 1.29 is 4.79 Å². The number of aromatic nitrogens is 3. The minimum Gasteiger partial charge on any atom is -0.378 e. The van der Waals surface area contributed by atoms with Crippen LogP contribution in [-0.2, 0) is 11.3 Å². The smallest absolute Gasteiger partial charge is 0.230 e. The number of thioether (sulfide) groups is 1. The summed E-state index contributed by atoms with van der Waals surface area (Å²) in [5.74, 6) is 1.22. The van der Waals surface area contributed by atoms with Crippen molar-refractivity contribution in [2.75, 3.05) is 24.7 Å². The second-order valence-corrected chi connectivity index (χ2v) is 8.28. The zero-order chi connectivity index (χ0) is 19.9. The normalized spacial score (nSPS) is 14.6. The minimum atomic E-state index is 0.0712. The van der Waals surface area contributed by atoms with Crippen LogP contribution in [0.4, 0.5) is 5.69 Å². The molecule has 3 rings (SSSR count). The fraction of sp³-hybridized carbons (Fsp3) is 0.476. The molecule has 0 aliphatic heterocycles. The van der Waals surface area contributed by atoms with E-state index in [-0.39, 0.29) is 5.91 Å². The molecule has 0 radical (unpaired) electrons. The fourth-order valence-corrected chi connectivity index (χ4v) is 4.22. The lowest BCUT2D eigenvalue weighted by Gasteiger charge is -2.22. The number of rotatable bonds is 8. The molecule has 1 aliphatic carbocycles. The second kappa shape index (κ2) is 9.78. The first kappa shape index (κ1) is 20.5. The van der Waals surface area contributed by atoms with Gasteiger partial charge in [-0.05, 0) is 37.1 Å². The van der Waals surface area contributed by atoms with Gasteiger partial charge in [0.1, 0.15) is 0 Å². The molecular formula is C21H29N5OS. The summed E-state index contributed by atoms with van der Waals surface area (Å²) in [5.41, 5.74) is 2.13. The Bertz CT molecular complexity index is 794. The summed E-state index contributed by atoms with van der Waals surface area (Å²) in [4.78, 5) is 14.4. The van der Waals surface area contributed by atoms with Gasteiger partial charge in [0.25, 0.3) is 0 Å². The maximum Gasteiger partial charge on any atom is 0.230 e. The van der Waals surface area contributed by atoms with E-state index in [0.717, 1.165) is 35.1 Å². The predicted octanol–water partition coefficient (Wildman–Crippen LogP) is 3.74. The van der Waals surface area contributed by atoms with Gasteiger partial charge < -0.3 is 10.2 Å². The van der Waals surface area contributed by atoms with Gasteiger partial charge in [0.2, 0.25) is 5.91 Å². The van der Waals surface area contributed by atoms with Crippen LogP contribution >= 0.6 is 11.8 Å². The largest absolute Gasteiger partial charge is 0.378 e. The number of hydrogen-bond donors (Lipinski definition) is 1. The maximum absolute atomic E-state index is 12.3. The quantitative estimate of drug-likeness (QED) is 0.541. The van der Waals surface area contributed by atoms with Gasteiger partial charge in [-0.15, -0.1) is 16.8 Å². The van der Waals surface area contributed by atoms with Crippen LogP contribution in [0.1, 0.15) is 32.1 Å². The maximum atomic E-state index is 12.3. The Hall–Kier alpha value is -2.28. The summed E-state index contributed by atoms with van der Waals surface area (Å²) < 4.78 is 2.01. The Morgan fingerprint density at radius 1 is 1.25 bits per heavy atom. The molecule has 1 N–H and O–H groups in total. The van der Waals surface area contributed by atoms with Gasteiger partial charge in [-0.3, -0.25) is 9.36 Å². The molecule has 0 saturated heterocycles. The van der Waals surface area contributed by atoms with E-state index in [1.807, 2.05) is 36.9 Å². The number of nitrogens with zero attached hydrogens (tertiary/aromatic N) is 4. The summed E-state index contributed by atoms with van der Waals surface area (Å²) in [6.07, 6.45) is 7.72. The number of nitrogens with one attached hydrogen (secondary N) is 1. The molecule has 0 bridgehead atoms. The van der Waals surface area contributed by atoms with Gasteiger partial charge in [0, 0.05) is 37.9 Å². The molecule has 1 aromatic carbocycles. The summed E-state index contributed by atoms with van der Waals surface area (Å²) in [6, 6.07) is 8.55. The topological polar surface area (TPSA) is 63.1 Å². The van der Waals surface area contributed by atoms with Crippen molar-refractivity contribution in [2.24, 2.45) is 0 Å². The number of anilines is 1. The Morgan fingerprint density at radius 2 is 1.96 bits per heavy atom. The third kappa shape index (κ3) is 5.16. The van der Waals surface area contributed by atoms with Crippen molar-refractivity contribution in [3.63, 3.8) is 0 Å². The van der Waals surface area contributed by atoms with Gasteiger partial charge in [-0.1, -0.05) is 37.1 Å². The van der Waals surface area contributed by atoms with Gasteiger partial charge in [-0.25, -0.2) is 0 Å². The number of carbonyl (C=O) groups is 1. The van der Waals surface area contributed by atoms with E-state index < -0.39 is 0 Å². The van der Waals surface area contributed by atoms with Crippen LogP contribution in [0, 0.1) is 0 Å². The fourth-order valence-electron chi connectivity index (χ4n) is 3.46. The summed E-state index contributed by atoms with van der Waals surface area (Å²) in [6.45, 7) is 4.45. The third-order valence-corrected chi connectivity index (χ3v) is 5.94. The molecule has 7 heteroatoms. The first-order valence-electron chi connectivity index (χ1n) is 9.82. The van der Waals surface area contributed by atoms with Gasteiger partial charge in [0.15, 0.2) is 11.0 Å². The Morgan fingerprint density at radius 3 is 2.61 bits per heavy atom. The van der Waals surface area contributed by atoms with Crippen molar-refractivity contribution in [1.82, 2.24) is 20.1 Å². The van der Waals surface area contributed by atoms with E-state index >= 15 is 0 Å². The van der Waals surface area contributed by atoms with Crippen LogP contribution in [0.2, 0.25) is 0 Å². The first-order chi connectivity index (χ1) is 13.6. The number of hydrogen-bond acceptors (Lipinski definition) is 5. The van der Waals surface area contributed by atoms with Crippen LogP contribution in [0.15, 0.2) is 42.1 Å². The first-order valence-corrected chi connectivity index (χ1v) is 10.8. The molecule has 1 heterocycles. The average molecular weight is 400 g/mol. The molecule has 0 spiro atoms. The Kier molecular flexibility index (Phi) is 7.14. The SMILES string of the molecule is C=CCn1c(SCC(=O)NC2CCCCC2)nnc1-c1ccc(N(C)C)cc1. The highest BCUT2D eigenvalue weighted by Crippen LogP contribution is 2.26. The highest BCUT2D eigenvalue weighted by Gasteiger charge is 2.18. The molecule has 28 heavy (non-hydrogen) atoms. The molecule has 1 aromatic heterocycles. The van der Waals surface area contributed by atoms with Gasteiger partial charge >= 0.3 is 0 Å². The lowest BCUT2D eigenvalue weighted by Crippen LogP contribution is -2.37. The zero-order valence-corrected chi connectivity index (χ0v) is 17.5. The molecule has 1 fully saturated rings. The van der Waals surface area contributed by atoms with Crippen LogP contribution in [0.3, 0.4) is 0 Å². The highest BCUT2D eigenvalue weighted by atomic mass is 32.2. The summed E-state index contributed by atoms with van der Waals surface area (Å²) in [7, 11) is 4.03. The molecule has 0 atom stereocenters. The van der Waals surface area contributed by atoms with E-state index in [1.54, 1.807) is 0 Å². The number of benzene rings is 1. The number of allylic oxidation sites excluding steroid dienone is 1. The molecule has 0 unspecified atom stereocenters. The number of amides is 1. The molecule has 150 valence electrons. The monoisotopic (exact) mass is 399 g/mol. The van der Waals surface area contributed by atoms with Gasteiger partial charge in [-0.2, -0.15) is 0 Å². The zero-order valence-electron chi connectivity index (χ0n) is 16.7. The molecular weight excluding hydrogens is 370 g/mol. The summed E-state index contributed by atoms with van der Waals surface area (Å²) >= 11 is 1.43. The van der Waals surface area contributed by atoms with E-state index in [0.29, 0.717) is 18.3 Å². The van der Waals surface area contributed by atoms with Crippen LogP contribution < -0.4 is 10.2 Å². The third-order valence-electron chi connectivity index (χ3n) is 4.97. The van der Waals surface area contributed by atoms with Crippen LogP contribution in [0.25, 0.3) is 11.4 Å². The molecule has 6 nitrogen and oxygen atoms in total. The Labute approximate surface area is 171 Å². The van der Waals surface area contributed by atoms with E-state index in [9.17, 15) is 4.79 Å². The van der Waals surface area contributed by atoms with E-state index in [4.69, 9.17) is 0 Å². The lowest BCUT2D eigenvalue weighted by molar-refractivity contribution is -0.119. The molecule has 1 amide bonds. The predicted molar refractivity (Wildman–Crippen MR) is 116 cm³/mol. The lowest BCUT2D eigenvalue weighted by atomic mass is 9.95. The second-order valence-electron chi connectivity index (χ2n) is 7.34. The summed E-state index contributed by atoms with van der Waals surface area (Å²) in [5, 5.41) is 12.6. The van der Waals surface area contributed by atoms with Crippen molar-refractivity contribution in [2.45, 2.75) is 49.8 Å². The van der Waals surface area contributed by atoms with E-state index in [2.05, 4.69) is 39.1 Å².